The molecule has 4 saturated heterocycles. The first-order chi connectivity index (χ1) is 13.3. The van der Waals surface area contributed by atoms with Crippen LogP contribution in [0.2, 0.25) is 0 Å². The highest BCUT2D eigenvalue weighted by molar-refractivity contribution is 7.09. The maximum Gasteiger partial charge on any atom is 0.273 e. The van der Waals surface area contributed by atoms with Crippen LogP contribution in [0.25, 0.3) is 0 Å². The summed E-state index contributed by atoms with van der Waals surface area (Å²) in [6, 6.07) is 11.6. The maximum absolute atomic E-state index is 13.4. The molecule has 0 aliphatic carbocycles. The molecule has 142 valence electrons. The van der Waals surface area contributed by atoms with Gasteiger partial charge in [-0.2, -0.15) is 0 Å². The van der Waals surface area contributed by atoms with Crippen LogP contribution in [0.4, 0.5) is 0 Å². The van der Waals surface area contributed by atoms with Gasteiger partial charge in [-0.1, -0.05) is 37.3 Å². The normalized spacial score (nSPS) is 31.9. The fourth-order valence-electron chi connectivity index (χ4n) is 5.53. The Labute approximate surface area is 165 Å². The second-order valence-electron chi connectivity index (χ2n) is 8.21. The van der Waals surface area contributed by atoms with Gasteiger partial charge in [0, 0.05) is 23.9 Å². The molecule has 1 aromatic carbocycles. The van der Waals surface area contributed by atoms with Crippen LogP contribution >= 0.6 is 11.3 Å². The molecule has 4 aliphatic heterocycles. The van der Waals surface area contributed by atoms with Crippen LogP contribution in [-0.4, -0.2) is 52.4 Å². The predicted octanol–water partition coefficient (Wildman–Crippen LogP) is 3.80. The van der Waals surface area contributed by atoms with E-state index in [1.54, 1.807) is 11.3 Å². The molecule has 2 aromatic rings. The molecule has 0 spiro atoms. The number of likely N-dealkylation sites (tertiary alicyclic amines) is 1. The van der Waals surface area contributed by atoms with E-state index < -0.39 is 0 Å². The van der Waals surface area contributed by atoms with Gasteiger partial charge in [0.25, 0.3) is 5.91 Å². The summed E-state index contributed by atoms with van der Waals surface area (Å²) in [6.07, 6.45) is 4.49. The van der Waals surface area contributed by atoms with Crippen molar-refractivity contribution in [3.63, 3.8) is 0 Å². The van der Waals surface area contributed by atoms with E-state index in [2.05, 4.69) is 52.0 Å². The second kappa shape index (κ2) is 7.02. The van der Waals surface area contributed by atoms with Crippen LogP contribution in [-0.2, 0) is 6.42 Å². The van der Waals surface area contributed by atoms with Crippen molar-refractivity contribution in [3.05, 3.63) is 52.0 Å². The zero-order valence-electron chi connectivity index (χ0n) is 15.9. The molecule has 2 bridgehead atoms. The van der Waals surface area contributed by atoms with Crippen molar-refractivity contribution < 1.29 is 4.79 Å². The lowest BCUT2D eigenvalue weighted by Crippen LogP contribution is -2.60. The molecule has 4 nitrogen and oxygen atoms in total. The number of nitrogens with zero attached hydrogens (tertiary/aromatic N) is 3. The minimum atomic E-state index is 0.149. The van der Waals surface area contributed by atoms with Crippen molar-refractivity contribution in [2.24, 2.45) is 5.92 Å². The van der Waals surface area contributed by atoms with Gasteiger partial charge in [0.05, 0.1) is 11.0 Å². The SMILES string of the molecule is CCCc1nc(C(=O)N2C[C@@H](c3ccccc3)[C@@H]3[C@H]2C2CCN3CC2)cs1. The van der Waals surface area contributed by atoms with Crippen molar-refractivity contribution >= 4 is 17.2 Å². The average Bonchev–Trinajstić information content (AvgIpc) is 3.36. The van der Waals surface area contributed by atoms with Crippen molar-refractivity contribution in [1.82, 2.24) is 14.8 Å². The van der Waals surface area contributed by atoms with Gasteiger partial charge in [-0.15, -0.1) is 11.3 Å². The quantitative estimate of drug-likeness (QED) is 0.808. The number of amides is 1. The van der Waals surface area contributed by atoms with Crippen molar-refractivity contribution in [1.29, 1.82) is 0 Å². The molecule has 6 rings (SSSR count). The van der Waals surface area contributed by atoms with Gasteiger partial charge < -0.3 is 4.90 Å². The Bertz CT molecular complexity index is 812. The monoisotopic (exact) mass is 381 g/mol. The number of hydrogen-bond acceptors (Lipinski definition) is 4. The number of carbonyl (C=O) groups is 1. The van der Waals surface area contributed by atoms with Gasteiger partial charge in [-0.3, -0.25) is 9.69 Å². The summed E-state index contributed by atoms with van der Waals surface area (Å²) in [5.41, 5.74) is 2.03. The number of fused-ring (bicyclic) bond motifs is 2. The average molecular weight is 382 g/mol. The van der Waals surface area contributed by atoms with Gasteiger partial charge in [-0.05, 0) is 50.3 Å². The molecule has 4 fully saturated rings. The van der Waals surface area contributed by atoms with Gasteiger partial charge >= 0.3 is 0 Å². The number of rotatable bonds is 4. The number of hydrogen-bond donors (Lipinski definition) is 0. The lowest BCUT2D eigenvalue weighted by Gasteiger charge is -2.51. The van der Waals surface area contributed by atoms with E-state index in [1.807, 2.05) is 5.38 Å². The molecule has 0 N–H and O–H groups in total. The first-order valence-electron chi connectivity index (χ1n) is 10.3. The number of aromatic nitrogens is 1. The van der Waals surface area contributed by atoms with E-state index in [4.69, 9.17) is 0 Å². The van der Waals surface area contributed by atoms with E-state index in [1.165, 1.54) is 31.5 Å². The Hall–Kier alpha value is -1.72. The minimum Gasteiger partial charge on any atom is -0.332 e. The third-order valence-corrected chi connectivity index (χ3v) is 7.63. The molecular weight excluding hydrogens is 354 g/mol. The Morgan fingerprint density at radius 1 is 1.19 bits per heavy atom. The van der Waals surface area contributed by atoms with E-state index in [0.717, 1.165) is 24.4 Å². The van der Waals surface area contributed by atoms with Crippen molar-refractivity contribution in [3.8, 4) is 0 Å². The molecule has 1 amide bonds. The number of piperidine rings is 3. The van der Waals surface area contributed by atoms with Gasteiger partial charge in [0.2, 0.25) is 0 Å². The molecule has 0 radical (unpaired) electrons. The fourth-order valence-corrected chi connectivity index (χ4v) is 6.41. The largest absolute Gasteiger partial charge is 0.332 e. The van der Waals surface area contributed by atoms with Crippen LogP contribution in [0.1, 0.15) is 53.2 Å². The summed E-state index contributed by atoms with van der Waals surface area (Å²) in [5.74, 6) is 1.21. The molecule has 27 heavy (non-hydrogen) atoms. The Morgan fingerprint density at radius 3 is 2.70 bits per heavy atom. The molecular formula is C22H27N3OS. The maximum atomic E-state index is 13.4. The van der Waals surface area contributed by atoms with E-state index in [0.29, 0.717) is 29.6 Å². The molecule has 5 heterocycles. The number of carbonyl (C=O) groups excluding carboxylic acids is 1. The van der Waals surface area contributed by atoms with Crippen LogP contribution in [0.5, 0.6) is 0 Å². The summed E-state index contributed by atoms with van der Waals surface area (Å²) in [7, 11) is 0. The molecule has 0 saturated carbocycles. The number of thiazole rings is 1. The third kappa shape index (κ3) is 2.92. The first-order valence-corrected chi connectivity index (χ1v) is 11.2. The Balaban J connectivity index is 1.47. The molecule has 0 unspecified atom stereocenters. The van der Waals surface area contributed by atoms with Gasteiger partial charge in [-0.25, -0.2) is 4.98 Å². The highest BCUT2D eigenvalue weighted by atomic mass is 32.1. The lowest BCUT2D eigenvalue weighted by molar-refractivity contribution is -0.00356. The van der Waals surface area contributed by atoms with Crippen LogP contribution in [0, 0.1) is 5.92 Å². The van der Waals surface area contributed by atoms with E-state index >= 15 is 0 Å². The minimum absolute atomic E-state index is 0.149. The smallest absolute Gasteiger partial charge is 0.273 e. The van der Waals surface area contributed by atoms with Gasteiger partial charge in [0.1, 0.15) is 5.69 Å². The summed E-state index contributed by atoms with van der Waals surface area (Å²) in [6.45, 7) is 5.36. The Kier molecular flexibility index (Phi) is 4.52. The summed E-state index contributed by atoms with van der Waals surface area (Å²) < 4.78 is 0. The van der Waals surface area contributed by atoms with Gasteiger partial charge in [0.15, 0.2) is 0 Å². The highest BCUT2D eigenvalue weighted by Gasteiger charge is 2.54. The Morgan fingerprint density at radius 2 is 1.96 bits per heavy atom. The number of aryl methyl sites for hydroxylation is 1. The lowest BCUT2D eigenvalue weighted by atomic mass is 9.75. The summed E-state index contributed by atoms with van der Waals surface area (Å²) in [5, 5.41) is 3.06. The van der Waals surface area contributed by atoms with Crippen molar-refractivity contribution in [2.75, 3.05) is 19.6 Å². The van der Waals surface area contributed by atoms with Crippen LogP contribution < -0.4 is 0 Å². The molecule has 1 aromatic heterocycles. The second-order valence-corrected chi connectivity index (χ2v) is 9.15. The van der Waals surface area contributed by atoms with Crippen LogP contribution in [0.15, 0.2) is 35.7 Å². The summed E-state index contributed by atoms with van der Waals surface area (Å²) in [4.78, 5) is 22.9. The summed E-state index contributed by atoms with van der Waals surface area (Å²) >= 11 is 1.63. The zero-order chi connectivity index (χ0) is 18.4. The molecule has 3 atom stereocenters. The fraction of sp³-hybridized carbons (Fsp3) is 0.545. The standard InChI is InChI=1S/C22H27N3OS/c1-2-6-19-23-18(14-27-19)22(26)25-13-17(15-7-4-3-5-8-15)21-20(25)16-9-11-24(21)12-10-16/h3-5,7-8,14,16-17,20-21H,2,6,9-13H2,1H3/t17-,20+,21+/m0/s1. The van der Waals surface area contributed by atoms with Crippen LogP contribution in [0.3, 0.4) is 0 Å². The first kappa shape index (κ1) is 17.4. The van der Waals surface area contributed by atoms with E-state index in [-0.39, 0.29) is 5.91 Å². The third-order valence-electron chi connectivity index (χ3n) is 6.72. The van der Waals surface area contributed by atoms with E-state index in [9.17, 15) is 4.79 Å². The molecule has 4 aliphatic rings. The molecule has 5 heteroatoms. The van der Waals surface area contributed by atoms with Crippen molar-refractivity contribution in [2.45, 2.75) is 50.6 Å². The number of benzene rings is 1. The zero-order valence-corrected chi connectivity index (χ0v) is 16.7. The highest BCUT2D eigenvalue weighted by Crippen LogP contribution is 2.46. The predicted molar refractivity (Wildman–Crippen MR) is 108 cm³/mol. The topological polar surface area (TPSA) is 36.4 Å².